The largest absolute Gasteiger partial charge is 0.461 e. The van der Waals surface area contributed by atoms with Crippen molar-refractivity contribution >= 4 is 23.5 Å². The maximum Gasteiger partial charge on any atom is 0.360 e. The summed E-state index contributed by atoms with van der Waals surface area (Å²) in [6.07, 6.45) is 2.35. The highest BCUT2D eigenvalue weighted by molar-refractivity contribution is 6.34. The summed E-state index contributed by atoms with van der Waals surface area (Å²) in [5.41, 5.74) is 2.23. The van der Waals surface area contributed by atoms with Gasteiger partial charge in [0, 0.05) is 24.2 Å². The molecule has 2 aromatic rings. The molecule has 7 heteroatoms. The molecular weight excluding hydrogens is 356 g/mol. The number of hydrogen-bond donors (Lipinski definition) is 0. The van der Waals surface area contributed by atoms with E-state index in [1.54, 1.807) is 13.0 Å². The Hall–Kier alpha value is -2.34. The third kappa shape index (κ3) is 2.88. The van der Waals surface area contributed by atoms with Gasteiger partial charge in [-0.05, 0) is 50.3 Å². The zero-order valence-electron chi connectivity index (χ0n) is 14.6. The van der Waals surface area contributed by atoms with Crippen molar-refractivity contribution in [3.8, 4) is 11.3 Å². The number of nitrogens with zero attached hydrogens (tertiary/aromatic N) is 2. The van der Waals surface area contributed by atoms with Gasteiger partial charge in [-0.3, -0.25) is 4.79 Å². The third-order valence-electron chi connectivity index (χ3n) is 5.06. The van der Waals surface area contributed by atoms with Gasteiger partial charge in [0.25, 0.3) is 5.91 Å². The molecule has 0 N–H and O–H groups in total. The second-order valence-corrected chi connectivity index (χ2v) is 7.21. The summed E-state index contributed by atoms with van der Waals surface area (Å²) in [6.45, 7) is 4.63. The Morgan fingerprint density at radius 2 is 2.19 bits per heavy atom. The number of carbonyl (C=O) groups is 2. The van der Waals surface area contributed by atoms with Crippen LogP contribution >= 0.6 is 11.6 Å². The molecule has 0 unspecified atom stereocenters. The van der Waals surface area contributed by atoms with Gasteiger partial charge < -0.3 is 14.2 Å². The standard InChI is InChI=1S/C19H19ClN2O4/c1-3-25-19(24)15-8-16(26-21-15)12-6-13-9-22(10(2)11-4-5-11)18(23)17(13)14(20)7-12/h6-8,10-11H,3-5,9H2,1-2H3/t10-/m0/s1. The van der Waals surface area contributed by atoms with Gasteiger partial charge in [-0.2, -0.15) is 0 Å². The minimum Gasteiger partial charge on any atom is -0.461 e. The number of benzene rings is 1. The van der Waals surface area contributed by atoms with E-state index in [1.807, 2.05) is 11.0 Å². The van der Waals surface area contributed by atoms with Gasteiger partial charge in [0.15, 0.2) is 11.5 Å². The number of ether oxygens (including phenoxy) is 1. The molecule has 2 heterocycles. The molecule has 1 fully saturated rings. The molecule has 4 rings (SSSR count). The summed E-state index contributed by atoms with van der Waals surface area (Å²) in [5.74, 6) is 0.460. The first-order valence-corrected chi connectivity index (χ1v) is 9.15. The molecule has 1 atom stereocenters. The second kappa shape index (κ2) is 6.43. The van der Waals surface area contributed by atoms with E-state index < -0.39 is 5.97 Å². The number of hydrogen-bond acceptors (Lipinski definition) is 5. The Bertz CT molecular complexity index is 888. The van der Waals surface area contributed by atoms with Gasteiger partial charge in [-0.1, -0.05) is 16.8 Å². The summed E-state index contributed by atoms with van der Waals surface area (Å²) < 4.78 is 10.2. The topological polar surface area (TPSA) is 72.6 Å². The van der Waals surface area contributed by atoms with Crippen LogP contribution in [-0.2, 0) is 11.3 Å². The van der Waals surface area contributed by atoms with Crippen LogP contribution in [0, 0.1) is 5.92 Å². The lowest BCUT2D eigenvalue weighted by molar-refractivity contribution is 0.0514. The van der Waals surface area contributed by atoms with Crippen molar-refractivity contribution in [2.45, 2.75) is 39.3 Å². The van der Waals surface area contributed by atoms with Crippen molar-refractivity contribution in [1.29, 1.82) is 0 Å². The Morgan fingerprint density at radius 3 is 2.88 bits per heavy atom. The predicted molar refractivity (Wildman–Crippen MR) is 95.0 cm³/mol. The number of carbonyl (C=O) groups excluding carboxylic acids is 2. The van der Waals surface area contributed by atoms with E-state index in [1.165, 1.54) is 18.9 Å². The normalized spacial score (nSPS) is 17.3. The zero-order valence-corrected chi connectivity index (χ0v) is 15.4. The molecule has 1 aliphatic carbocycles. The number of halogens is 1. The van der Waals surface area contributed by atoms with Crippen LogP contribution in [0.3, 0.4) is 0 Å². The molecule has 1 amide bonds. The first kappa shape index (κ1) is 17.1. The van der Waals surface area contributed by atoms with E-state index in [9.17, 15) is 9.59 Å². The molecular formula is C19H19ClN2O4. The third-order valence-corrected chi connectivity index (χ3v) is 5.36. The summed E-state index contributed by atoms with van der Waals surface area (Å²) in [5, 5.41) is 4.14. The molecule has 2 aliphatic rings. The average Bonchev–Trinajstić information content (AvgIpc) is 3.24. The minimum absolute atomic E-state index is 0.0132. The molecule has 6 nitrogen and oxygen atoms in total. The molecule has 0 spiro atoms. The molecule has 0 radical (unpaired) electrons. The van der Waals surface area contributed by atoms with E-state index >= 15 is 0 Å². The molecule has 0 saturated heterocycles. The molecule has 1 aromatic carbocycles. The number of fused-ring (bicyclic) bond motifs is 1. The fraction of sp³-hybridized carbons (Fsp3) is 0.421. The van der Waals surface area contributed by atoms with Gasteiger partial charge in [-0.25, -0.2) is 4.79 Å². The maximum atomic E-state index is 12.7. The fourth-order valence-corrected chi connectivity index (χ4v) is 3.76. The Labute approximate surface area is 156 Å². The highest BCUT2D eigenvalue weighted by atomic mass is 35.5. The van der Waals surface area contributed by atoms with Crippen LogP contribution in [0.2, 0.25) is 5.02 Å². The predicted octanol–water partition coefficient (Wildman–Crippen LogP) is 3.93. The highest BCUT2D eigenvalue weighted by Gasteiger charge is 2.39. The van der Waals surface area contributed by atoms with Crippen molar-refractivity contribution in [1.82, 2.24) is 10.1 Å². The van der Waals surface area contributed by atoms with Gasteiger partial charge in [0.2, 0.25) is 0 Å². The van der Waals surface area contributed by atoms with Crippen molar-refractivity contribution < 1.29 is 18.8 Å². The number of aromatic nitrogens is 1. The SMILES string of the molecule is CCOC(=O)c1cc(-c2cc(Cl)c3c(c2)CN([C@@H](C)C2CC2)C3=O)on1. The van der Waals surface area contributed by atoms with Crippen LogP contribution < -0.4 is 0 Å². The van der Waals surface area contributed by atoms with Crippen LogP contribution in [-0.4, -0.2) is 34.6 Å². The zero-order chi connectivity index (χ0) is 18.4. The van der Waals surface area contributed by atoms with Gasteiger partial charge >= 0.3 is 5.97 Å². The lowest BCUT2D eigenvalue weighted by atomic mass is 10.0. The molecule has 136 valence electrons. The molecule has 26 heavy (non-hydrogen) atoms. The summed E-state index contributed by atoms with van der Waals surface area (Å²) in [7, 11) is 0. The second-order valence-electron chi connectivity index (χ2n) is 6.80. The van der Waals surface area contributed by atoms with Crippen LogP contribution in [0.4, 0.5) is 0 Å². The first-order valence-electron chi connectivity index (χ1n) is 8.77. The molecule has 1 saturated carbocycles. The van der Waals surface area contributed by atoms with Crippen LogP contribution in [0.15, 0.2) is 22.7 Å². The summed E-state index contributed by atoms with van der Waals surface area (Å²) in [4.78, 5) is 26.4. The highest BCUT2D eigenvalue weighted by Crippen LogP contribution is 2.40. The van der Waals surface area contributed by atoms with Crippen LogP contribution in [0.1, 0.15) is 53.1 Å². The summed E-state index contributed by atoms with van der Waals surface area (Å²) in [6, 6.07) is 5.31. The quantitative estimate of drug-likeness (QED) is 0.741. The van der Waals surface area contributed by atoms with Crippen LogP contribution in [0.5, 0.6) is 0 Å². The van der Waals surface area contributed by atoms with Crippen molar-refractivity contribution in [2.24, 2.45) is 5.92 Å². The lowest BCUT2D eigenvalue weighted by Gasteiger charge is -2.23. The number of amides is 1. The van der Waals surface area contributed by atoms with Crippen LogP contribution in [0.25, 0.3) is 11.3 Å². The van der Waals surface area contributed by atoms with E-state index in [0.29, 0.717) is 34.4 Å². The van der Waals surface area contributed by atoms with Crippen molar-refractivity contribution in [3.63, 3.8) is 0 Å². The van der Waals surface area contributed by atoms with Gasteiger partial charge in [-0.15, -0.1) is 0 Å². The average molecular weight is 375 g/mol. The van der Waals surface area contributed by atoms with E-state index in [-0.39, 0.29) is 24.2 Å². The molecule has 1 aliphatic heterocycles. The minimum atomic E-state index is -0.533. The Balaban J connectivity index is 1.64. The summed E-state index contributed by atoms with van der Waals surface area (Å²) >= 11 is 6.40. The molecule has 1 aromatic heterocycles. The molecule has 0 bridgehead atoms. The van der Waals surface area contributed by atoms with E-state index in [4.69, 9.17) is 20.9 Å². The first-order chi connectivity index (χ1) is 12.5. The smallest absolute Gasteiger partial charge is 0.360 e. The van der Waals surface area contributed by atoms with E-state index in [0.717, 1.165) is 5.56 Å². The maximum absolute atomic E-state index is 12.7. The van der Waals surface area contributed by atoms with Gasteiger partial charge in [0.05, 0.1) is 17.2 Å². The lowest BCUT2D eigenvalue weighted by Crippen LogP contribution is -2.34. The Kier molecular flexibility index (Phi) is 4.23. The van der Waals surface area contributed by atoms with Crippen molar-refractivity contribution in [2.75, 3.05) is 6.61 Å². The van der Waals surface area contributed by atoms with Crippen molar-refractivity contribution in [3.05, 3.63) is 40.0 Å². The number of rotatable bonds is 5. The fourth-order valence-electron chi connectivity index (χ4n) is 3.44. The number of esters is 1. The Morgan fingerprint density at radius 1 is 1.42 bits per heavy atom. The van der Waals surface area contributed by atoms with E-state index in [2.05, 4.69) is 12.1 Å². The van der Waals surface area contributed by atoms with Gasteiger partial charge in [0.1, 0.15) is 0 Å². The monoisotopic (exact) mass is 374 g/mol.